The van der Waals surface area contributed by atoms with E-state index in [4.69, 9.17) is 0 Å². The van der Waals surface area contributed by atoms with Crippen molar-refractivity contribution >= 4 is 0 Å². The second-order valence-electron chi connectivity index (χ2n) is 6.55. The zero-order chi connectivity index (χ0) is 15.4. The normalized spacial score (nSPS) is 14.3. The lowest BCUT2D eigenvalue weighted by molar-refractivity contribution is 0.521. The van der Waals surface area contributed by atoms with E-state index in [0.29, 0.717) is 0 Å². The Kier molecular flexibility index (Phi) is 11.5. The largest absolute Gasteiger partial charge is 0.0856 e. The van der Waals surface area contributed by atoms with Crippen molar-refractivity contribution in [3.05, 3.63) is 34.9 Å². The maximum Gasteiger partial charge on any atom is -0.0288 e. The van der Waals surface area contributed by atoms with Crippen LogP contribution in [0.2, 0.25) is 0 Å². The van der Waals surface area contributed by atoms with Gasteiger partial charge in [0.2, 0.25) is 0 Å². The summed E-state index contributed by atoms with van der Waals surface area (Å²) < 4.78 is 0. The molecule has 0 nitrogen and oxygen atoms in total. The highest BCUT2D eigenvalue weighted by Gasteiger charge is 1.97. The zero-order valence-corrected chi connectivity index (χ0v) is 14.8. The highest BCUT2D eigenvalue weighted by atomic mass is 14.0. The lowest BCUT2D eigenvalue weighted by Crippen LogP contribution is -1.90. The SMILES string of the molecule is CCC(C)CC/C=C(\C)CC/C=C(\C)CCC=C(C)C. The van der Waals surface area contributed by atoms with E-state index >= 15 is 0 Å². The predicted octanol–water partition coefficient (Wildman–Crippen LogP) is 7.23. The van der Waals surface area contributed by atoms with Gasteiger partial charge in [-0.25, -0.2) is 0 Å². The third-order valence-corrected chi connectivity index (χ3v) is 3.97. The van der Waals surface area contributed by atoms with Crippen molar-refractivity contribution in [3.63, 3.8) is 0 Å². The summed E-state index contributed by atoms with van der Waals surface area (Å²) in [6, 6.07) is 0. The Balaban J connectivity index is 3.85. The first-order chi connectivity index (χ1) is 9.45. The Morgan fingerprint density at radius 3 is 1.80 bits per heavy atom. The number of hydrogen-bond donors (Lipinski definition) is 0. The van der Waals surface area contributed by atoms with Crippen LogP contribution >= 0.6 is 0 Å². The van der Waals surface area contributed by atoms with E-state index in [1.54, 1.807) is 5.57 Å². The minimum Gasteiger partial charge on any atom is -0.0856 e. The molecule has 0 amide bonds. The molecule has 0 heterocycles. The van der Waals surface area contributed by atoms with Crippen molar-refractivity contribution in [2.75, 3.05) is 0 Å². The summed E-state index contributed by atoms with van der Waals surface area (Å²) in [5.74, 6) is 0.872. The maximum atomic E-state index is 2.44. The summed E-state index contributed by atoms with van der Waals surface area (Å²) in [4.78, 5) is 0. The molecule has 0 bridgehead atoms. The van der Waals surface area contributed by atoms with Gasteiger partial charge in [0.25, 0.3) is 0 Å². The van der Waals surface area contributed by atoms with Gasteiger partial charge in [-0.15, -0.1) is 0 Å². The average molecular weight is 277 g/mol. The first-order valence-electron chi connectivity index (χ1n) is 8.40. The minimum atomic E-state index is 0.872. The Morgan fingerprint density at radius 2 is 1.30 bits per heavy atom. The van der Waals surface area contributed by atoms with E-state index in [-0.39, 0.29) is 0 Å². The molecule has 0 spiro atoms. The summed E-state index contributed by atoms with van der Waals surface area (Å²) in [5, 5.41) is 0. The van der Waals surface area contributed by atoms with Gasteiger partial charge >= 0.3 is 0 Å². The van der Waals surface area contributed by atoms with Crippen LogP contribution in [0.25, 0.3) is 0 Å². The van der Waals surface area contributed by atoms with Crippen LogP contribution in [0.1, 0.15) is 86.5 Å². The van der Waals surface area contributed by atoms with Crippen LogP contribution < -0.4 is 0 Å². The fourth-order valence-corrected chi connectivity index (χ4v) is 2.16. The fraction of sp³-hybridized carbons (Fsp3) is 0.700. The maximum absolute atomic E-state index is 2.44. The molecule has 0 N–H and O–H groups in total. The Morgan fingerprint density at radius 1 is 0.800 bits per heavy atom. The Labute approximate surface area is 128 Å². The molecule has 0 radical (unpaired) electrons. The van der Waals surface area contributed by atoms with Crippen molar-refractivity contribution in [2.24, 2.45) is 5.92 Å². The lowest BCUT2D eigenvalue weighted by Gasteiger charge is -2.06. The molecule has 0 aliphatic carbocycles. The molecule has 1 atom stereocenters. The van der Waals surface area contributed by atoms with E-state index < -0.39 is 0 Å². The summed E-state index contributed by atoms with van der Waals surface area (Å²) in [5.41, 5.74) is 4.52. The smallest absolute Gasteiger partial charge is 0.0288 e. The van der Waals surface area contributed by atoms with E-state index in [9.17, 15) is 0 Å². The molecule has 0 aliphatic heterocycles. The fourth-order valence-electron chi connectivity index (χ4n) is 2.16. The summed E-state index contributed by atoms with van der Waals surface area (Å²) in [7, 11) is 0. The molecule has 0 aromatic heterocycles. The average Bonchev–Trinajstić information content (AvgIpc) is 2.38. The van der Waals surface area contributed by atoms with E-state index in [1.807, 2.05) is 0 Å². The van der Waals surface area contributed by atoms with E-state index in [2.05, 4.69) is 59.8 Å². The number of hydrogen-bond acceptors (Lipinski definition) is 0. The molecule has 0 saturated carbocycles. The van der Waals surface area contributed by atoms with Gasteiger partial charge in [-0.1, -0.05) is 55.2 Å². The number of allylic oxidation sites excluding steroid dienone is 6. The second kappa shape index (κ2) is 12.0. The van der Waals surface area contributed by atoms with Gasteiger partial charge in [-0.3, -0.25) is 0 Å². The molecule has 0 aliphatic rings. The molecule has 0 saturated heterocycles. The Hall–Kier alpha value is -0.780. The van der Waals surface area contributed by atoms with Gasteiger partial charge in [-0.2, -0.15) is 0 Å². The third-order valence-electron chi connectivity index (χ3n) is 3.97. The van der Waals surface area contributed by atoms with Crippen LogP contribution in [0.15, 0.2) is 34.9 Å². The molecule has 20 heavy (non-hydrogen) atoms. The van der Waals surface area contributed by atoms with Gasteiger partial charge in [-0.05, 0) is 72.1 Å². The molecule has 0 rings (SSSR count). The van der Waals surface area contributed by atoms with Crippen molar-refractivity contribution in [1.29, 1.82) is 0 Å². The Bertz CT molecular complexity index is 324. The first-order valence-corrected chi connectivity index (χ1v) is 8.40. The summed E-state index contributed by atoms with van der Waals surface area (Å²) in [6.45, 7) is 13.5. The highest BCUT2D eigenvalue weighted by molar-refractivity contribution is 5.05. The van der Waals surface area contributed by atoms with Crippen LogP contribution in [0.4, 0.5) is 0 Å². The first kappa shape index (κ1) is 19.2. The molecule has 0 fully saturated rings. The van der Waals surface area contributed by atoms with Gasteiger partial charge in [0, 0.05) is 0 Å². The molecule has 0 aromatic rings. The zero-order valence-electron chi connectivity index (χ0n) is 14.8. The molecule has 1 unspecified atom stereocenters. The van der Waals surface area contributed by atoms with Gasteiger partial charge in [0.1, 0.15) is 0 Å². The van der Waals surface area contributed by atoms with Crippen molar-refractivity contribution < 1.29 is 0 Å². The third kappa shape index (κ3) is 12.3. The second-order valence-corrected chi connectivity index (χ2v) is 6.55. The molecular formula is C20H36. The molecule has 116 valence electrons. The van der Waals surface area contributed by atoms with Gasteiger partial charge in [0.15, 0.2) is 0 Å². The topological polar surface area (TPSA) is 0 Å². The molecule has 0 heteroatoms. The summed E-state index contributed by atoms with van der Waals surface area (Å²) in [6.07, 6.45) is 15.9. The van der Waals surface area contributed by atoms with Crippen LogP contribution in [0.3, 0.4) is 0 Å². The van der Waals surface area contributed by atoms with Crippen LogP contribution in [0, 0.1) is 5.92 Å². The monoisotopic (exact) mass is 276 g/mol. The predicted molar refractivity (Wildman–Crippen MR) is 94.1 cm³/mol. The molecule has 0 aromatic carbocycles. The van der Waals surface area contributed by atoms with Crippen LogP contribution in [0.5, 0.6) is 0 Å². The van der Waals surface area contributed by atoms with E-state index in [1.165, 1.54) is 56.1 Å². The number of rotatable bonds is 10. The quantitative estimate of drug-likeness (QED) is 0.369. The van der Waals surface area contributed by atoms with E-state index in [0.717, 1.165) is 5.92 Å². The molecular weight excluding hydrogens is 240 g/mol. The van der Waals surface area contributed by atoms with Crippen LogP contribution in [-0.2, 0) is 0 Å². The van der Waals surface area contributed by atoms with Crippen LogP contribution in [-0.4, -0.2) is 0 Å². The van der Waals surface area contributed by atoms with Crippen molar-refractivity contribution in [1.82, 2.24) is 0 Å². The standard InChI is InChI=1S/C20H36/c1-7-18(4)12-9-14-20(6)16-10-15-19(5)13-8-11-17(2)3/h11,14-15,18H,7-10,12-13,16H2,1-6H3/b19-15+,20-14+. The van der Waals surface area contributed by atoms with Gasteiger partial charge in [0.05, 0.1) is 0 Å². The lowest BCUT2D eigenvalue weighted by atomic mass is 10.0. The van der Waals surface area contributed by atoms with Crippen molar-refractivity contribution in [3.8, 4) is 0 Å². The minimum absolute atomic E-state index is 0.872. The van der Waals surface area contributed by atoms with Gasteiger partial charge < -0.3 is 0 Å². The highest BCUT2D eigenvalue weighted by Crippen LogP contribution is 2.14. The van der Waals surface area contributed by atoms with Crippen molar-refractivity contribution in [2.45, 2.75) is 86.5 Å². The summed E-state index contributed by atoms with van der Waals surface area (Å²) >= 11 is 0.